The van der Waals surface area contributed by atoms with E-state index in [-0.39, 0.29) is 12.2 Å². The van der Waals surface area contributed by atoms with E-state index in [1.165, 1.54) is 7.11 Å². The number of ether oxygens (including phenoxy) is 1. The summed E-state index contributed by atoms with van der Waals surface area (Å²) < 4.78 is 4.46. The summed E-state index contributed by atoms with van der Waals surface area (Å²) in [6.07, 6.45) is 1.79. The molecule has 0 aliphatic heterocycles. The molecule has 1 atom stereocenters. The quantitative estimate of drug-likeness (QED) is 0.463. The van der Waals surface area contributed by atoms with Crippen molar-refractivity contribution in [2.45, 2.75) is 11.3 Å². The van der Waals surface area contributed by atoms with Crippen LogP contribution in [0, 0.1) is 17.2 Å². The van der Waals surface area contributed by atoms with Crippen molar-refractivity contribution in [1.29, 1.82) is 5.26 Å². The molecule has 0 spiro atoms. The van der Waals surface area contributed by atoms with Gasteiger partial charge in [0.05, 0.1) is 13.2 Å². The Balaban J connectivity index is 2.75. The van der Waals surface area contributed by atoms with Crippen LogP contribution in [0.4, 0.5) is 0 Å². The summed E-state index contributed by atoms with van der Waals surface area (Å²) >= 11 is 1.58. The predicted molar refractivity (Wildman–Crippen MR) is 68.3 cm³/mol. The molecule has 0 saturated carbocycles. The van der Waals surface area contributed by atoms with Crippen molar-refractivity contribution in [1.82, 2.24) is 0 Å². The number of thioether (sulfide) groups is 1. The highest BCUT2D eigenvalue weighted by Crippen LogP contribution is 2.17. The molecular weight excluding hydrogens is 250 g/mol. The van der Waals surface area contributed by atoms with Gasteiger partial charge in [-0.15, -0.1) is 11.8 Å². The van der Waals surface area contributed by atoms with Gasteiger partial charge >= 0.3 is 5.97 Å². The van der Waals surface area contributed by atoms with Crippen molar-refractivity contribution < 1.29 is 14.3 Å². The van der Waals surface area contributed by atoms with Crippen LogP contribution in [0.3, 0.4) is 0 Å². The number of nitrogens with zero attached hydrogens (tertiary/aromatic N) is 1. The number of methoxy groups -OCH3 is 1. The summed E-state index contributed by atoms with van der Waals surface area (Å²) in [5, 5.41) is 8.80. The van der Waals surface area contributed by atoms with Crippen molar-refractivity contribution in [2.24, 2.45) is 5.92 Å². The number of carbonyl (C=O) groups excluding carboxylic acids is 2. The van der Waals surface area contributed by atoms with E-state index in [1.807, 2.05) is 18.4 Å². The smallest absolute Gasteiger partial charge is 0.323 e. The van der Waals surface area contributed by atoms with Gasteiger partial charge in [-0.3, -0.25) is 9.59 Å². The van der Waals surface area contributed by atoms with Gasteiger partial charge in [0, 0.05) is 16.9 Å². The fourth-order valence-electron chi connectivity index (χ4n) is 1.40. The molecule has 0 fully saturated rings. The highest BCUT2D eigenvalue weighted by molar-refractivity contribution is 7.98. The number of carbonyl (C=O) groups is 2. The standard InChI is InChI=1S/C13H13NO3S/c1-17-13(16)10(8-14)7-12(15)9-3-5-11(18-2)6-4-9/h3-6,10H,7H2,1-2H3. The number of esters is 1. The highest BCUT2D eigenvalue weighted by Gasteiger charge is 2.22. The second-order valence-electron chi connectivity index (χ2n) is 3.56. The Hall–Kier alpha value is -1.80. The first-order chi connectivity index (χ1) is 8.62. The van der Waals surface area contributed by atoms with Gasteiger partial charge in [-0.25, -0.2) is 0 Å². The first-order valence-electron chi connectivity index (χ1n) is 5.27. The summed E-state index contributed by atoms with van der Waals surface area (Å²) in [4.78, 5) is 24.1. The van der Waals surface area contributed by atoms with Gasteiger partial charge in [0.15, 0.2) is 11.7 Å². The third kappa shape index (κ3) is 3.60. The Morgan fingerprint density at radius 3 is 2.44 bits per heavy atom. The van der Waals surface area contributed by atoms with Crippen LogP contribution in [0.2, 0.25) is 0 Å². The van der Waals surface area contributed by atoms with Crippen LogP contribution in [0.15, 0.2) is 29.2 Å². The van der Waals surface area contributed by atoms with Crippen LogP contribution >= 0.6 is 11.8 Å². The van der Waals surface area contributed by atoms with Crippen LogP contribution in [0.5, 0.6) is 0 Å². The summed E-state index contributed by atoms with van der Waals surface area (Å²) in [6.45, 7) is 0. The molecule has 94 valence electrons. The van der Waals surface area contributed by atoms with Crippen molar-refractivity contribution in [2.75, 3.05) is 13.4 Å². The zero-order chi connectivity index (χ0) is 13.5. The largest absolute Gasteiger partial charge is 0.468 e. The summed E-state index contributed by atoms with van der Waals surface area (Å²) in [7, 11) is 1.20. The molecule has 0 saturated heterocycles. The maximum atomic E-state index is 11.9. The fourth-order valence-corrected chi connectivity index (χ4v) is 1.81. The lowest BCUT2D eigenvalue weighted by Crippen LogP contribution is -2.18. The van der Waals surface area contributed by atoms with Crippen LogP contribution in [-0.4, -0.2) is 25.1 Å². The van der Waals surface area contributed by atoms with Crippen LogP contribution in [-0.2, 0) is 9.53 Å². The van der Waals surface area contributed by atoms with Crippen molar-refractivity contribution in [3.05, 3.63) is 29.8 Å². The lowest BCUT2D eigenvalue weighted by Gasteiger charge is -2.06. The minimum Gasteiger partial charge on any atom is -0.468 e. The molecule has 0 aliphatic carbocycles. The lowest BCUT2D eigenvalue weighted by atomic mass is 9.99. The number of nitriles is 1. The molecule has 18 heavy (non-hydrogen) atoms. The number of benzene rings is 1. The van der Waals surface area contributed by atoms with E-state index >= 15 is 0 Å². The number of ketones is 1. The number of hydrogen-bond donors (Lipinski definition) is 0. The molecule has 0 aromatic heterocycles. The Labute approximate surface area is 110 Å². The van der Waals surface area contributed by atoms with E-state index in [2.05, 4.69) is 4.74 Å². The molecule has 0 N–H and O–H groups in total. The fraction of sp³-hybridized carbons (Fsp3) is 0.308. The zero-order valence-electron chi connectivity index (χ0n) is 10.2. The molecule has 0 bridgehead atoms. The van der Waals surface area contributed by atoms with Gasteiger partial charge < -0.3 is 4.74 Å². The molecule has 1 aromatic rings. The Kier molecular flexibility index (Phi) is 5.40. The van der Waals surface area contributed by atoms with Gasteiger partial charge in [0.2, 0.25) is 0 Å². The minimum absolute atomic E-state index is 0.151. The third-order valence-corrected chi connectivity index (χ3v) is 3.19. The van der Waals surface area contributed by atoms with Gasteiger partial charge in [-0.1, -0.05) is 12.1 Å². The molecular formula is C13H13NO3S. The third-order valence-electron chi connectivity index (χ3n) is 2.44. The molecule has 1 aromatic carbocycles. The molecule has 4 nitrogen and oxygen atoms in total. The number of hydrogen-bond acceptors (Lipinski definition) is 5. The Morgan fingerprint density at radius 2 is 2.00 bits per heavy atom. The molecule has 0 amide bonds. The lowest BCUT2D eigenvalue weighted by molar-refractivity contribution is -0.143. The SMILES string of the molecule is COC(=O)C(C#N)CC(=O)c1ccc(SC)cc1. The molecule has 0 aliphatic rings. The Morgan fingerprint density at radius 1 is 1.39 bits per heavy atom. The topological polar surface area (TPSA) is 67.2 Å². The summed E-state index contributed by atoms with van der Waals surface area (Å²) in [6, 6.07) is 8.83. The minimum atomic E-state index is -1.04. The average Bonchev–Trinajstić information content (AvgIpc) is 2.43. The van der Waals surface area contributed by atoms with Crippen molar-refractivity contribution >= 4 is 23.5 Å². The maximum absolute atomic E-state index is 11.9. The van der Waals surface area contributed by atoms with Crippen molar-refractivity contribution in [3.63, 3.8) is 0 Å². The predicted octanol–water partition coefficient (Wildman–Crippen LogP) is 2.29. The Bertz CT molecular complexity index is 476. The molecule has 5 heteroatoms. The van der Waals surface area contributed by atoms with E-state index in [1.54, 1.807) is 30.0 Å². The molecule has 1 rings (SSSR count). The average molecular weight is 263 g/mol. The zero-order valence-corrected chi connectivity index (χ0v) is 11.0. The van der Waals surface area contributed by atoms with E-state index in [9.17, 15) is 9.59 Å². The normalized spacial score (nSPS) is 11.4. The maximum Gasteiger partial charge on any atom is 0.323 e. The van der Waals surface area contributed by atoms with Crippen molar-refractivity contribution in [3.8, 4) is 6.07 Å². The second-order valence-corrected chi connectivity index (χ2v) is 4.44. The number of rotatable bonds is 5. The molecule has 0 radical (unpaired) electrons. The van der Waals surface area contributed by atoms with E-state index in [4.69, 9.17) is 5.26 Å². The summed E-state index contributed by atoms with van der Waals surface area (Å²) in [5.41, 5.74) is 0.497. The van der Waals surface area contributed by atoms with E-state index in [0.717, 1.165) is 4.90 Å². The highest BCUT2D eigenvalue weighted by atomic mass is 32.2. The van der Waals surface area contributed by atoms with Crippen LogP contribution in [0.1, 0.15) is 16.8 Å². The number of Topliss-reactive ketones (excluding diaryl/α,β-unsaturated/α-hetero) is 1. The first kappa shape index (κ1) is 14.3. The van der Waals surface area contributed by atoms with Gasteiger partial charge in [-0.2, -0.15) is 5.26 Å². The second kappa shape index (κ2) is 6.82. The van der Waals surface area contributed by atoms with Gasteiger partial charge in [0.1, 0.15) is 0 Å². The van der Waals surface area contributed by atoms with Crippen LogP contribution in [0.25, 0.3) is 0 Å². The molecule has 0 heterocycles. The van der Waals surface area contributed by atoms with E-state index < -0.39 is 11.9 Å². The van der Waals surface area contributed by atoms with Gasteiger partial charge in [0.25, 0.3) is 0 Å². The van der Waals surface area contributed by atoms with E-state index in [0.29, 0.717) is 5.56 Å². The molecule has 1 unspecified atom stereocenters. The first-order valence-corrected chi connectivity index (χ1v) is 6.49. The van der Waals surface area contributed by atoms with Crippen LogP contribution < -0.4 is 0 Å². The van der Waals surface area contributed by atoms with Gasteiger partial charge in [-0.05, 0) is 18.4 Å². The monoisotopic (exact) mass is 263 g/mol. The summed E-state index contributed by atoms with van der Waals surface area (Å²) in [5.74, 6) is -1.95.